The summed E-state index contributed by atoms with van der Waals surface area (Å²) in [6, 6.07) is 0. The first-order valence-corrected chi connectivity index (χ1v) is 2.34. The van der Waals surface area contributed by atoms with E-state index in [1.807, 2.05) is 0 Å². The minimum atomic E-state index is 0.0283. The predicted octanol–water partition coefficient (Wildman–Crippen LogP) is -0.719. The van der Waals surface area contributed by atoms with Gasteiger partial charge >= 0.3 is 0 Å². The summed E-state index contributed by atoms with van der Waals surface area (Å²) in [5.74, 6) is 0. The molecule has 0 saturated carbocycles. The van der Waals surface area contributed by atoms with E-state index >= 15 is 0 Å². The number of aliphatic hydroxyl groups is 1. The van der Waals surface area contributed by atoms with Crippen LogP contribution in [0.4, 0.5) is 0 Å². The molecule has 0 aliphatic carbocycles. The maximum atomic E-state index is 9.56. The van der Waals surface area contributed by atoms with E-state index in [9.17, 15) is 4.79 Å². The molecule has 0 aliphatic heterocycles. The second-order valence-electron chi connectivity index (χ2n) is 1.18. The van der Waals surface area contributed by atoms with Gasteiger partial charge in [-0.05, 0) is 0 Å². The Bertz CT molecular complexity index is 80.5. The molecule has 0 aromatic rings. The molecule has 0 saturated heterocycles. The summed E-state index contributed by atoms with van der Waals surface area (Å²) in [5, 5.41) is 10.6. The minimum Gasteiger partial charge on any atom is -0.392 e. The lowest BCUT2D eigenvalue weighted by Crippen LogP contribution is -2.09. The molecule has 0 rings (SSSR count). The zero-order valence-corrected chi connectivity index (χ0v) is 4.50. The number of rotatable bonds is 4. The van der Waals surface area contributed by atoms with Crippen molar-refractivity contribution in [2.45, 2.75) is 0 Å². The van der Waals surface area contributed by atoms with Crippen molar-refractivity contribution in [2.75, 3.05) is 13.2 Å². The topological polar surface area (TPSA) is 49.3 Å². The van der Waals surface area contributed by atoms with Crippen LogP contribution in [0.1, 0.15) is 0 Å². The fourth-order valence-corrected chi connectivity index (χ4v) is 0.274. The van der Waals surface area contributed by atoms with E-state index < -0.39 is 0 Å². The fraction of sp³-hybridized carbons (Fsp3) is 0.400. The van der Waals surface area contributed by atoms with Crippen LogP contribution in [0.3, 0.4) is 0 Å². The normalized spacial score (nSPS) is 9.62. The SMILES string of the molecule is O=CNCC=CCO. The van der Waals surface area contributed by atoms with Crippen LogP contribution in [-0.2, 0) is 4.79 Å². The van der Waals surface area contributed by atoms with Crippen LogP contribution in [0.5, 0.6) is 0 Å². The van der Waals surface area contributed by atoms with Crippen LogP contribution in [0.15, 0.2) is 12.2 Å². The molecule has 46 valence electrons. The van der Waals surface area contributed by atoms with Crippen LogP contribution in [-0.4, -0.2) is 24.7 Å². The highest BCUT2D eigenvalue weighted by Gasteiger charge is 1.69. The Labute approximate surface area is 48.0 Å². The number of carbonyl (C=O) groups excluding carboxylic acids is 1. The smallest absolute Gasteiger partial charge is 0.207 e. The van der Waals surface area contributed by atoms with E-state index in [1.54, 1.807) is 12.2 Å². The molecule has 1 amide bonds. The maximum absolute atomic E-state index is 9.56. The molecule has 2 N–H and O–H groups in total. The van der Waals surface area contributed by atoms with Gasteiger partial charge < -0.3 is 10.4 Å². The maximum Gasteiger partial charge on any atom is 0.207 e. The highest BCUT2D eigenvalue weighted by Crippen LogP contribution is 1.64. The van der Waals surface area contributed by atoms with E-state index in [4.69, 9.17) is 5.11 Å². The van der Waals surface area contributed by atoms with Crippen molar-refractivity contribution in [3.05, 3.63) is 12.2 Å². The van der Waals surface area contributed by atoms with E-state index in [0.717, 1.165) is 0 Å². The van der Waals surface area contributed by atoms with Crippen LogP contribution >= 0.6 is 0 Å². The predicted molar refractivity (Wildman–Crippen MR) is 30.3 cm³/mol. The largest absolute Gasteiger partial charge is 0.392 e. The third kappa shape index (κ3) is 5.17. The lowest BCUT2D eigenvalue weighted by molar-refractivity contribution is -0.109. The molecular weight excluding hydrogens is 106 g/mol. The lowest BCUT2D eigenvalue weighted by atomic mass is 10.5. The van der Waals surface area contributed by atoms with Gasteiger partial charge in [-0.2, -0.15) is 0 Å². The molecule has 0 aromatic carbocycles. The summed E-state index contributed by atoms with van der Waals surface area (Å²) in [5.41, 5.74) is 0. The molecule has 0 spiro atoms. The molecule has 0 aliphatic rings. The molecule has 0 bridgehead atoms. The van der Waals surface area contributed by atoms with Gasteiger partial charge in [0.1, 0.15) is 0 Å². The Morgan fingerprint density at radius 2 is 2.25 bits per heavy atom. The van der Waals surface area contributed by atoms with Gasteiger partial charge in [0.05, 0.1) is 6.61 Å². The van der Waals surface area contributed by atoms with Crippen LogP contribution in [0.25, 0.3) is 0 Å². The summed E-state index contributed by atoms with van der Waals surface area (Å²) < 4.78 is 0. The second-order valence-corrected chi connectivity index (χ2v) is 1.18. The summed E-state index contributed by atoms with van der Waals surface area (Å²) in [7, 11) is 0. The van der Waals surface area contributed by atoms with Crippen LogP contribution in [0, 0.1) is 0 Å². The number of hydrogen-bond acceptors (Lipinski definition) is 2. The van der Waals surface area contributed by atoms with E-state index in [0.29, 0.717) is 13.0 Å². The first-order valence-electron chi connectivity index (χ1n) is 2.34. The molecule has 3 heteroatoms. The molecule has 0 heterocycles. The molecule has 0 unspecified atom stereocenters. The first kappa shape index (κ1) is 7.17. The molecule has 3 nitrogen and oxygen atoms in total. The quantitative estimate of drug-likeness (QED) is 0.288. The lowest BCUT2D eigenvalue weighted by Gasteiger charge is -1.85. The average Bonchev–Trinajstić information content (AvgIpc) is 1.81. The Morgan fingerprint density at radius 3 is 2.75 bits per heavy atom. The zero-order chi connectivity index (χ0) is 6.24. The number of hydrogen-bond donors (Lipinski definition) is 2. The monoisotopic (exact) mass is 115 g/mol. The Balaban J connectivity index is 2.90. The van der Waals surface area contributed by atoms with Gasteiger partial charge in [0.2, 0.25) is 6.41 Å². The number of aliphatic hydroxyl groups excluding tert-OH is 1. The van der Waals surface area contributed by atoms with E-state index in [1.165, 1.54) is 0 Å². The summed E-state index contributed by atoms with van der Waals surface area (Å²) in [4.78, 5) is 9.56. The van der Waals surface area contributed by atoms with Crippen molar-refractivity contribution in [1.29, 1.82) is 0 Å². The fourth-order valence-electron chi connectivity index (χ4n) is 0.274. The van der Waals surface area contributed by atoms with Crippen molar-refractivity contribution >= 4 is 6.41 Å². The third-order valence-electron chi connectivity index (χ3n) is 0.591. The summed E-state index contributed by atoms with van der Waals surface area (Å²) in [6.07, 6.45) is 3.85. The van der Waals surface area contributed by atoms with E-state index in [-0.39, 0.29) is 6.61 Å². The Hall–Kier alpha value is -0.830. The van der Waals surface area contributed by atoms with E-state index in [2.05, 4.69) is 5.32 Å². The molecule has 0 atom stereocenters. The van der Waals surface area contributed by atoms with Gasteiger partial charge in [0.25, 0.3) is 0 Å². The number of carbonyl (C=O) groups is 1. The number of nitrogens with one attached hydrogen (secondary N) is 1. The van der Waals surface area contributed by atoms with Gasteiger partial charge in [-0.15, -0.1) is 0 Å². The molecule has 0 radical (unpaired) electrons. The summed E-state index contributed by atoms with van der Waals surface area (Å²) >= 11 is 0. The number of amides is 1. The average molecular weight is 115 g/mol. The molecular formula is C5H9NO2. The van der Waals surface area contributed by atoms with Crippen LogP contribution < -0.4 is 5.32 Å². The highest BCUT2D eigenvalue weighted by molar-refractivity contribution is 5.46. The van der Waals surface area contributed by atoms with Crippen LogP contribution in [0.2, 0.25) is 0 Å². The van der Waals surface area contributed by atoms with Gasteiger partial charge in [-0.1, -0.05) is 12.2 Å². The van der Waals surface area contributed by atoms with Crippen molar-refractivity contribution in [2.24, 2.45) is 0 Å². The van der Waals surface area contributed by atoms with Gasteiger partial charge in [-0.25, -0.2) is 0 Å². The van der Waals surface area contributed by atoms with Gasteiger partial charge in [0.15, 0.2) is 0 Å². The van der Waals surface area contributed by atoms with Crippen molar-refractivity contribution in [3.63, 3.8) is 0 Å². The third-order valence-corrected chi connectivity index (χ3v) is 0.591. The first-order chi connectivity index (χ1) is 3.91. The molecule has 0 fully saturated rings. The summed E-state index contributed by atoms with van der Waals surface area (Å²) in [6.45, 7) is 0.518. The zero-order valence-electron chi connectivity index (χ0n) is 4.50. The Morgan fingerprint density at radius 1 is 1.50 bits per heavy atom. The van der Waals surface area contributed by atoms with Crippen molar-refractivity contribution in [3.8, 4) is 0 Å². The Kier molecular flexibility index (Phi) is 5.53. The van der Waals surface area contributed by atoms with Crippen molar-refractivity contribution in [1.82, 2.24) is 5.32 Å². The molecule has 8 heavy (non-hydrogen) atoms. The minimum absolute atomic E-state index is 0.0283. The highest BCUT2D eigenvalue weighted by atomic mass is 16.2. The van der Waals surface area contributed by atoms with Crippen molar-refractivity contribution < 1.29 is 9.90 Å². The standard InChI is InChI=1S/C5H9NO2/c7-4-2-1-3-6-5-8/h1-2,5,7H,3-4H2,(H,6,8). The molecule has 0 aromatic heterocycles. The van der Waals surface area contributed by atoms with Gasteiger partial charge in [-0.3, -0.25) is 4.79 Å². The second kappa shape index (κ2) is 6.17. The van der Waals surface area contributed by atoms with Gasteiger partial charge in [0, 0.05) is 6.54 Å².